The standard InChI is InChI=1S/C28H35F3O5/c1-19(15-16-34-23-10-12-24(13-11-23)36-27(2,3)26(32)33)35-25-14-9-22(28(29,30)31)18-21(25)17-20-7-5-4-6-8-20/h9-14,18-20H,4-8,15-17H2,1-3H3,(H,32,33)/t19-/m0/s1. The van der Waals surface area contributed by atoms with Gasteiger partial charge in [-0.15, -0.1) is 0 Å². The van der Waals surface area contributed by atoms with E-state index in [1.165, 1.54) is 32.4 Å². The second kappa shape index (κ2) is 11.9. The molecule has 0 aliphatic heterocycles. The van der Waals surface area contributed by atoms with E-state index in [0.717, 1.165) is 31.7 Å². The van der Waals surface area contributed by atoms with Crippen LogP contribution < -0.4 is 14.2 Å². The number of rotatable bonds is 11. The van der Waals surface area contributed by atoms with Crippen LogP contribution in [0.15, 0.2) is 42.5 Å². The summed E-state index contributed by atoms with van der Waals surface area (Å²) < 4.78 is 57.3. The first-order valence-electron chi connectivity index (χ1n) is 12.5. The fourth-order valence-corrected chi connectivity index (χ4v) is 4.29. The van der Waals surface area contributed by atoms with Crippen molar-refractivity contribution in [3.63, 3.8) is 0 Å². The van der Waals surface area contributed by atoms with Crippen LogP contribution >= 0.6 is 0 Å². The van der Waals surface area contributed by atoms with E-state index in [9.17, 15) is 18.0 Å². The first-order valence-corrected chi connectivity index (χ1v) is 12.5. The fraction of sp³-hybridized carbons (Fsp3) is 0.536. The molecule has 1 aliphatic rings. The Balaban J connectivity index is 1.56. The van der Waals surface area contributed by atoms with E-state index in [1.54, 1.807) is 24.3 Å². The minimum absolute atomic E-state index is 0.259. The number of alkyl halides is 3. The van der Waals surface area contributed by atoms with E-state index in [2.05, 4.69) is 0 Å². The van der Waals surface area contributed by atoms with Gasteiger partial charge in [0, 0.05) is 6.42 Å². The van der Waals surface area contributed by atoms with Gasteiger partial charge in [-0.1, -0.05) is 32.1 Å². The molecule has 1 aliphatic carbocycles. The molecule has 36 heavy (non-hydrogen) atoms. The highest BCUT2D eigenvalue weighted by molar-refractivity contribution is 5.76. The lowest BCUT2D eigenvalue weighted by Crippen LogP contribution is -2.37. The predicted octanol–water partition coefficient (Wildman–Crippen LogP) is 7.31. The van der Waals surface area contributed by atoms with Crippen LogP contribution in [0.25, 0.3) is 0 Å². The Morgan fingerprint density at radius 1 is 1.03 bits per heavy atom. The molecule has 198 valence electrons. The number of halogens is 3. The van der Waals surface area contributed by atoms with Gasteiger partial charge < -0.3 is 19.3 Å². The molecule has 3 rings (SSSR count). The summed E-state index contributed by atoms with van der Waals surface area (Å²) in [5, 5.41) is 9.17. The van der Waals surface area contributed by atoms with E-state index in [1.807, 2.05) is 6.92 Å². The van der Waals surface area contributed by atoms with E-state index >= 15 is 0 Å². The second-order valence-electron chi connectivity index (χ2n) is 9.98. The molecule has 0 bridgehead atoms. The third kappa shape index (κ3) is 8.07. The Morgan fingerprint density at radius 2 is 1.67 bits per heavy atom. The molecule has 0 amide bonds. The SMILES string of the molecule is C[C@@H](CCOc1ccc(OC(C)(C)C(=O)O)cc1)Oc1ccc(C(F)(F)F)cc1CC1CCCCC1. The van der Waals surface area contributed by atoms with Gasteiger partial charge in [-0.2, -0.15) is 13.2 Å². The van der Waals surface area contributed by atoms with Crippen molar-refractivity contribution in [2.75, 3.05) is 6.61 Å². The zero-order valence-electron chi connectivity index (χ0n) is 21.1. The van der Waals surface area contributed by atoms with Crippen LogP contribution in [0.4, 0.5) is 13.2 Å². The molecule has 0 unspecified atom stereocenters. The van der Waals surface area contributed by atoms with Crippen LogP contribution in [-0.2, 0) is 17.4 Å². The van der Waals surface area contributed by atoms with Gasteiger partial charge in [-0.3, -0.25) is 0 Å². The minimum Gasteiger partial charge on any atom is -0.493 e. The first kappa shape index (κ1) is 27.7. The number of benzene rings is 2. The molecule has 5 nitrogen and oxygen atoms in total. The van der Waals surface area contributed by atoms with Gasteiger partial charge in [0.15, 0.2) is 5.60 Å². The molecule has 0 radical (unpaired) electrons. The monoisotopic (exact) mass is 508 g/mol. The van der Waals surface area contributed by atoms with Gasteiger partial charge in [0.2, 0.25) is 0 Å². The van der Waals surface area contributed by atoms with Crippen LogP contribution in [0, 0.1) is 5.92 Å². The number of carboxylic acids is 1. The second-order valence-corrected chi connectivity index (χ2v) is 9.98. The van der Waals surface area contributed by atoms with E-state index in [0.29, 0.717) is 48.2 Å². The maximum Gasteiger partial charge on any atom is 0.416 e. The smallest absolute Gasteiger partial charge is 0.416 e. The highest BCUT2D eigenvalue weighted by Crippen LogP contribution is 2.36. The molecule has 0 spiro atoms. The van der Waals surface area contributed by atoms with Crippen molar-refractivity contribution in [2.24, 2.45) is 5.92 Å². The zero-order valence-corrected chi connectivity index (χ0v) is 21.1. The quantitative estimate of drug-likeness (QED) is 0.345. The van der Waals surface area contributed by atoms with Crippen LogP contribution in [0.3, 0.4) is 0 Å². The number of carboxylic acid groups (broad SMARTS) is 1. The number of hydrogen-bond donors (Lipinski definition) is 1. The Bertz CT molecular complexity index is 995. The van der Waals surface area contributed by atoms with Crippen molar-refractivity contribution in [3.8, 4) is 17.2 Å². The number of carbonyl (C=O) groups is 1. The molecule has 2 aromatic carbocycles. The lowest BCUT2D eigenvalue weighted by atomic mass is 9.84. The summed E-state index contributed by atoms with van der Waals surface area (Å²) in [6, 6.07) is 10.4. The summed E-state index contributed by atoms with van der Waals surface area (Å²) in [5.74, 6) is 0.834. The molecule has 1 atom stereocenters. The molecule has 1 fully saturated rings. The van der Waals surface area contributed by atoms with Crippen molar-refractivity contribution in [1.29, 1.82) is 0 Å². The minimum atomic E-state index is -4.39. The van der Waals surface area contributed by atoms with Gasteiger partial charge in [0.25, 0.3) is 0 Å². The van der Waals surface area contributed by atoms with Gasteiger partial charge >= 0.3 is 12.1 Å². The third-order valence-electron chi connectivity index (χ3n) is 6.45. The van der Waals surface area contributed by atoms with E-state index in [4.69, 9.17) is 19.3 Å². The van der Waals surface area contributed by atoms with E-state index in [-0.39, 0.29) is 6.10 Å². The molecule has 1 N–H and O–H groups in total. The summed E-state index contributed by atoms with van der Waals surface area (Å²) in [6.45, 7) is 5.16. The molecular weight excluding hydrogens is 473 g/mol. The summed E-state index contributed by atoms with van der Waals surface area (Å²) in [5.41, 5.74) is -1.37. The lowest BCUT2D eigenvalue weighted by molar-refractivity contribution is -0.152. The van der Waals surface area contributed by atoms with Gasteiger partial charge in [0.1, 0.15) is 17.2 Å². The van der Waals surface area contributed by atoms with Crippen molar-refractivity contribution in [2.45, 2.75) is 83.6 Å². The summed E-state index contributed by atoms with van der Waals surface area (Å²) >= 11 is 0. The predicted molar refractivity (Wildman–Crippen MR) is 131 cm³/mol. The van der Waals surface area contributed by atoms with Crippen molar-refractivity contribution in [3.05, 3.63) is 53.6 Å². The molecule has 0 heterocycles. The third-order valence-corrected chi connectivity index (χ3v) is 6.45. The van der Waals surface area contributed by atoms with Gasteiger partial charge in [-0.25, -0.2) is 4.79 Å². The lowest BCUT2D eigenvalue weighted by Gasteiger charge is -2.24. The molecule has 0 aromatic heterocycles. The average molecular weight is 509 g/mol. The summed E-state index contributed by atoms with van der Waals surface area (Å²) in [6.07, 6.45) is 2.00. The first-order chi connectivity index (χ1) is 16.9. The fourth-order valence-electron chi connectivity index (χ4n) is 4.29. The summed E-state index contributed by atoms with van der Waals surface area (Å²) in [7, 11) is 0. The molecule has 2 aromatic rings. The van der Waals surface area contributed by atoms with Gasteiger partial charge in [0.05, 0.1) is 18.3 Å². The van der Waals surface area contributed by atoms with E-state index < -0.39 is 23.3 Å². The Hall–Kier alpha value is -2.90. The van der Waals surface area contributed by atoms with Gasteiger partial charge in [-0.05, 0) is 81.1 Å². The maximum atomic E-state index is 13.3. The number of aliphatic carboxylic acids is 1. The van der Waals surface area contributed by atoms with Crippen molar-refractivity contribution >= 4 is 5.97 Å². The highest BCUT2D eigenvalue weighted by Gasteiger charge is 2.32. The molecule has 8 heteroatoms. The topological polar surface area (TPSA) is 65.0 Å². The maximum absolute atomic E-state index is 13.3. The summed E-state index contributed by atoms with van der Waals surface area (Å²) in [4.78, 5) is 11.2. The normalized spacial score (nSPS) is 15.8. The Kier molecular flexibility index (Phi) is 9.14. The zero-order chi connectivity index (χ0) is 26.3. The Morgan fingerprint density at radius 3 is 2.28 bits per heavy atom. The van der Waals surface area contributed by atoms with Crippen molar-refractivity contribution < 1.29 is 37.3 Å². The number of hydrogen-bond acceptors (Lipinski definition) is 4. The van der Waals surface area contributed by atoms with Crippen LogP contribution in [0.2, 0.25) is 0 Å². The molecule has 0 saturated heterocycles. The highest BCUT2D eigenvalue weighted by atomic mass is 19.4. The Labute approximate surface area is 210 Å². The number of ether oxygens (including phenoxy) is 3. The molecular formula is C28H35F3O5. The average Bonchev–Trinajstić information content (AvgIpc) is 2.81. The van der Waals surface area contributed by atoms with Crippen LogP contribution in [0.5, 0.6) is 17.2 Å². The van der Waals surface area contributed by atoms with Crippen LogP contribution in [0.1, 0.15) is 70.4 Å². The molecule has 1 saturated carbocycles. The van der Waals surface area contributed by atoms with Crippen molar-refractivity contribution in [1.82, 2.24) is 0 Å². The largest absolute Gasteiger partial charge is 0.493 e. The van der Waals surface area contributed by atoms with Crippen LogP contribution in [-0.4, -0.2) is 29.4 Å².